The van der Waals surface area contributed by atoms with Crippen LogP contribution in [0.3, 0.4) is 0 Å². The van der Waals surface area contributed by atoms with Crippen molar-refractivity contribution in [1.29, 1.82) is 0 Å². The highest BCUT2D eigenvalue weighted by Gasteiger charge is 2.38. The highest BCUT2D eigenvalue weighted by atomic mass is 19.4. The number of hydrogen-bond acceptors (Lipinski definition) is 5. The fourth-order valence-corrected chi connectivity index (χ4v) is 3.06. The molecule has 0 bridgehead atoms. The van der Waals surface area contributed by atoms with E-state index in [1.54, 1.807) is 24.4 Å². The van der Waals surface area contributed by atoms with Gasteiger partial charge in [-0.25, -0.2) is 9.18 Å². The van der Waals surface area contributed by atoms with Crippen LogP contribution in [0, 0.1) is 5.82 Å². The highest BCUT2D eigenvalue weighted by molar-refractivity contribution is 6.02. The zero-order valence-corrected chi connectivity index (χ0v) is 14.1. The number of carboxylic acids is 1. The van der Waals surface area contributed by atoms with Gasteiger partial charge in [0, 0.05) is 41.1 Å². The number of hydrogen-bond donors (Lipinski definition) is 4. The first-order valence-electron chi connectivity index (χ1n) is 8.02. The van der Waals surface area contributed by atoms with Crippen LogP contribution in [0.4, 0.5) is 23.4 Å². The van der Waals surface area contributed by atoms with Crippen LogP contribution in [0.1, 0.15) is 17.0 Å². The predicted molar refractivity (Wildman–Crippen MR) is 89.0 cm³/mol. The maximum Gasteiger partial charge on any atom is 0.490 e. The summed E-state index contributed by atoms with van der Waals surface area (Å²) in [6, 6.07) is 6.58. The van der Waals surface area contributed by atoms with E-state index in [1.807, 2.05) is 0 Å². The lowest BCUT2D eigenvalue weighted by molar-refractivity contribution is -0.192. The molecule has 2 aliphatic heterocycles. The number of carboxylic acid groups (broad SMARTS) is 1. The van der Waals surface area contributed by atoms with Gasteiger partial charge >= 0.3 is 12.1 Å². The fraction of sp³-hybridized carbons (Fsp3) is 0.235. The Morgan fingerprint density at radius 2 is 1.86 bits per heavy atom. The van der Waals surface area contributed by atoms with Gasteiger partial charge in [0.2, 0.25) is 0 Å². The summed E-state index contributed by atoms with van der Waals surface area (Å²) in [5.74, 6) is -2.84. The summed E-state index contributed by atoms with van der Waals surface area (Å²) in [5.41, 5.74) is 2.71. The van der Waals surface area contributed by atoms with E-state index >= 15 is 0 Å². The number of ketones is 1. The minimum Gasteiger partial charge on any atom is -0.475 e. The Morgan fingerprint density at radius 1 is 1.18 bits per heavy atom. The molecule has 0 aliphatic carbocycles. The Kier molecular flexibility index (Phi) is 5.18. The molecule has 1 atom stereocenters. The van der Waals surface area contributed by atoms with Crippen molar-refractivity contribution in [3.63, 3.8) is 0 Å². The molecule has 28 heavy (non-hydrogen) atoms. The van der Waals surface area contributed by atoms with E-state index in [1.165, 1.54) is 6.07 Å². The monoisotopic (exact) mass is 398 g/mol. The number of anilines is 1. The lowest BCUT2D eigenvalue weighted by atomic mass is 9.79. The van der Waals surface area contributed by atoms with Crippen molar-refractivity contribution in [3.8, 4) is 0 Å². The number of aliphatic carboxylic acids is 1. The molecule has 0 radical (unpaired) electrons. The summed E-state index contributed by atoms with van der Waals surface area (Å²) < 4.78 is 46.0. The summed E-state index contributed by atoms with van der Waals surface area (Å²) in [6.07, 6.45) is -3.36. The second-order valence-electron chi connectivity index (χ2n) is 5.99. The molecule has 11 heteroatoms. The van der Waals surface area contributed by atoms with Gasteiger partial charge in [-0.3, -0.25) is 9.89 Å². The first kappa shape index (κ1) is 19.5. The average Bonchev–Trinajstić information content (AvgIpc) is 3.09. The van der Waals surface area contributed by atoms with Crippen molar-refractivity contribution in [2.24, 2.45) is 0 Å². The molecular weight excluding hydrogens is 384 g/mol. The van der Waals surface area contributed by atoms with Gasteiger partial charge in [-0.2, -0.15) is 18.3 Å². The van der Waals surface area contributed by atoms with E-state index in [0.29, 0.717) is 23.5 Å². The van der Waals surface area contributed by atoms with Crippen LogP contribution < -0.4 is 10.6 Å². The average molecular weight is 398 g/mol. The van der Waals surface area contributed by atoms with Gasteiger partial charge in [0.25, 0.3) is 0 Å². The molecule has 0 spiro atoms. The number of benzene rings is 1. The molecule has 0 saturated heterocycles. The second kappa shape index (κ2) is 7.43. The summed E-state index contributed by atoms with van der Waals surface area (Å²) in [6.45, 7) is 0.830. The fourth-order valence-electron chi connectivity index (χ4n) is 3.06. The van der Waals surface area contributed by atoms with Crippen molar-refractivity contribution in [1.82, 2.24) is 15.5 Å². The quantitative estimate of drug-likeness (QED) is 0.549. The molecule has 2 aromatic rings. The molecule has 148 valence electrons. The maximum absolute atomic E-state index is 14.3. The minimum absolute atomic E-state index is 0.0103. The third-order valence-electron chi connectivity index (χ3n) is 4.21. The standard InChI is InChI=1S/C15H13FN4O.C2HF3O2/c16-10-4-2-1-3-8(10)13-9-5-18-20-15(9)19-11-6-17-7-12(21)14(11)13;3-2(4,5)1(6)7/h1-5,13,17H,6-7H2,(H2,18,19,20);(H,6,7). The van der Waals surface area contributed by atoms with E-state index in [9.17, 15) is 22.4 Å². The SMILES string of the molecule is O=C(O)C(F)(F)F.O=C1CNCC2=C1C(c1ccccc1F)c1c[nH]nc1N2. The third-order valence-corrected chi connectivity index (χ3v) is 4.21. The van der Waals surface area contributed by atoms with Crippen molar-refractivity contribution in [3.05, 3.63) is 58.7 Å². The van der Waals surface area contributed by atoms with Gasteiger partial charge in [-0.05, 0) is 6.07 Å². The van der Waals surface area contributed by atoms with E-state index in [-0.39, 0.29) is 18.1 Å². The molecule has 4 rings (SSSR count). The highest BCUT2D eigenvalue weighted by Crippen LogP contribution is 2.42. The van der Waals surface area contributed by atoms with E-state index in [4.69, 9.17) is 9.90 Å². The molecule has 0 fully saturated rings. The number of halogens is 4. The van der Waals surface area contributed by atoms with Crippen LogP contribution in [0.25, 0.3) is 0 Å². The van der Waals surface area contributed by atoms with Crippen LogP contribution in [0.5, 0.6) is 0 Å². The number of nitrogens with zero attached hydrogens (tertiary/aromatic N) is 1. The molecule has 0 saturated carbocycles. The van der Waals surface area contributed by atoms with Crippen LogP contribution in [-0.4, -0.2) is 46.3 Å². The number of aromatic nitrogens is 2. The number of Topliss-reactive ketones (excluding diaryl/α,β-unsaturated/α-hetero) is 1. The number of carbonyl (C=O) groups is 2. The summed E-state index contributed by atoms with van der Waals surface area (Å²) in [4.78, 5) is 21.2. The topological polar surface area (TPSA) is 107 Å². The van der Waals surface area contributed by atoms with Gasteiger partial charge in [-0.15, -0.1) is 0 Å². The molecule has 4 N–H and O–H groups in total. The zero-order chi connectivity index (χ0) is 20.5. The minimum atomic E-state index is -5.08. The van der Waals surface area contributed by atoms with Gasteiger partial charge < -0.3 is 15.7 Å². The number of nitrogens with one attached hydrogen (secondary N) is 3. The Labute approximate surface area is 155 Å². The summed E-state index contributed by atoms with van der Waals surface area (Å²) in [5, 5.41) is 20.3. The number of rotatable bonds is 1. The largest absolute Gasteiger partial charge is 0.490 e. The van der Waals surface area contributed by atoms with Crippen molar-refractivity contribution in [2.75, 3.05) is 18.4 Å². The van der Waals surface area contributed by atoms with Crippen molar-refractivity contribution >= 4 is 17.6 Å². The van der Waals surface area contributed by atoms with Crippen LogP contribution >= 0.6 is 0 Å². The van der Waals surface area contributed by atoms with Crippen molar-refractivity contribution in [2.45, 2.75) is 12.1 Å². The number of carbonyl (C=O) groups excluding carboxylic acids is 1. The lowest BCUT2D eigenvalue weighted by Crippen LogP contribution is -2.39. The van der Waals surface area contributed by atoms with Gasteiger partial charge in [0.1, 0.15) is 5.82 Å². The molecule has 2 aliphatic rings. The van der Waals surface area contributed by atoms with Gasteiger partial charge in [-0.1, -0.05) is 18.2 Å². The predicted octanol–water partition coefficient (Wildman–Crippen LogP) is 2.17. The summed E-state index contributed by atoms with van der Waals surface area (Å²) >= 11 is 0. The zero-order valence-electron chi connectivity index (χ0n) is 14.1. The Hall–Kier alpha value is -3.21. The smallest absolute Gasteiger partial charge is 0.475 e. The number of aromatic amines is 1. The van der Waals surface area contributed by atoms with Crippen molar-refractivity contribution < 1.29 is 32.3 Å². The molecular formula is C17H14F4N4O3. The van der Waals surface area contributed by atoms with Gasteiger partial charge in [0.15, 0.2) is 11.6 Å². The summed E-state index contributed by atoms with van der Waals surface area (Å²) in [7, 11) is 0. The van der Waals surface area contributed by atoms with E-state index in [0.717, 1.165) is 11.3 Å². The number of H-pyrrole nitrogens is 1. The molecule has 0 amide bonds. The number of fused-ring (bicyclic) bond motifs is 1. The molecule has 3 heterocycles. The first-order chi connectivity index (χ1) is 13.2. The van der Waals surface area contributed by atoms with E-state index in [2.05, 4.69) is 20.8 Å². The van der Waals surface area contributed by atoms with Crippen LogP contribution in [0.2, 0.25) is 0 Å². The number of alkyl halides is 3. The second-order valence-corrected chi connectivity index (χ2v) is 5.99. The van der Waals surface area contributed by atoms with Crippen LogP contribution in [-0.2, 0) is 9.59 Å². The third kappa shape index (κ3) is 3.74. The molecule has 1 unspecified atom stereocenters. The Balaban J connectivity index is 0.000000279. The van der Waals surface area contributed by atoms with E-state index < -0.39 is 18.1 Å². The molecule has 1 aromatic heterocycles. The van der Waals surface area contributed by atoms with Gasteiger partial charge in [0.05, 0.1) is 6.54 Å². The lowest BCUT2D eigenvalue weighted by Gasteiger charge is -2.31. The Bertz CT molecular complexity index is 952. The Morgan fingerprint density at radius 3 is 2.50 bits per heavy atom. The van der Waals surface area contributed by atoms with Crippen LogP contribution in [0.15, 0.2) is 41.7 Å². The molecule has 1 aromatic carbocycles. The normalized spacial score (nSPS) is 18.4. The first-order valence-corrected chi connectivity index (χ1v) is 8.02. The molecule has 7 nitrogen and oxygen atoms in total. The maximum atomic E-state index is 14.3.